The van der Waals surface area contributed by atoms with Gasteiger partial charge in [-0.3, -0.25) is 14.7 Å². The fraction of sp³-hybridized carbons (Fsp3) is 0.300. The lowest BCUT2D eigenvalue weighted by atomic mass is 10.0. The third kappa shape index (κ3) is 3.77. The van der Waals surface area contributed by atoms with E-state index in [0.29, 0.717) is 43.6 Å². The predicted molar refractivity (Wildman–Crippen MR) is 101 cm³/mol. The van der Waals surface area contributed by atoms with Gasteiger partial charge in [0.15, 0.2) is 11.5 Å². The summed E-state index contributed by atoms with van der Waals surface area (Å²) in [5.41, 5.74) is 1.79. The second-order valence-electron chi connectivity index (χ2n) is 7.05. The minimum absolute atomic E-state index is 0.0253. The molecule has 1 N–H and O–H groups in total. The van der Waals surface area contributed by atoms with Crippen molar-refractivity contribution >= 4 is 5.91 Å². The maximum Gasteiger partial charge on any atom is 0.234 e. The molecule has 0 bridgehead atoms. The Bertz CT molecular complexity index is 1020. The zero-order valence-electron chi connectivity index (χ0n) is 15.6. The summed E-state index contributed by atoms with van der Waals surface area (Å²) < 4.78 is 16.0. The van der Waals surface area contributed by atoms with Crippen LogP contribution in [0.1, 0.15) is 17.4 Å². The van der Waals surface area contributed by atoms with Gasteiger partial charge in [-0.05, 0) is 29.8 Å². The minimum atomic E-state index is -0.0253. The quantitative estimate of drug-likeness (QED) is 0.673. The summed E-state index contributed by atoms with van der Waals surface area (Å²) in [4.78, 5) is 22.8. The van der Waals surface area contributed by atoms with Crippen LogP contribution in [0, 0.1) is 0 Å². The summed E-state index contributed by atoms with van der Waals surface area (Å²) >= 11 is 0. The lowest BCUT2D eigenvalue weighted by Gasteiger charge is -2.36. The summed E-state index contributed by atoms with van der Waals surface area (Å²) in [7, 11) is 0. The monoisotopic (exact) mass is 393 g/mol. The van der Waals surface area contributed by atoms with Crippen molar-refractivity contribution in [1.29, 1.82) is 0 Å². The third-order valence-electron chi connectivity index (χ3n) is 4.96. The first-order valence-corrected chi connectivity index (χ1v) is 9.36. The van der Waals surface area contributed by atoms with Crippen molar-refractivity contribution in [2.24, 2.45) is 0 Å². The average molecular weight is 393 g/mol. The van der Waals surface area contributed by atoms with E-state index in [-0.39, 0.29) is 18.6 Å². The smallest absolute Gasteiger partial charge is 0.234 e. The Morgan fingerprint density at radius 1 is 1.21 bits per heavy atom. The number of benzene rings is 1. The van der Waals surface area contributed by atoms with Crippen molar-refractivity contribution in [2.45, 2.75) is 12.5 Å². The van der Waals surface area contributed by atoms with Crippen molar-refractivity contribution < 1.29 is 18.8 Å². The van der Waals surface area contributed by atoms with Crippen LogP contribution >= 0.6 is 0 Å². The Balaban J connectivity index is 1.09. The van der Waals surface area contributed by atoms with E-state index in [1.54, 1.807) is 12.4 Å². The fourth-order valence-electron chi connectivity index (χ4n) is 3.38. The van der Waals surface area contributed by atoms with Gasteiger partial charge < -0.3 is 19.3 Å². The zero-order chi connectivity index (χ0) is 19.6. The molecule has 0 radical (unpaired) electrons. The van der Waals surface area contributed by atoms with Crippen molar-refractivity contribution in [1.82, 2.24) is 25.3 Å². The van der Waals surface area contributed by atoms with Crippen LogP contribution in [0.3, 0.4) is 0 Å². The number of hydrogen-bond acceptors (Lipinski definition) is 8. The van der Waals surface area contributed by atoms with Crippen molar-refractivity contribution in [3.05, 3.63) is 54.2 Å². The second-order valence-corrected chi connectivity index (χ2v) is 7.05. The number of ether oxygens (including phenoxy) is 2. The van der Waals surface area contributed by atoms with Crippen LogP contribution in [0.25, 0.3) is 11.4 Å². The number of nitrogens with zero attached hydrogens (tertiary/aromatic N) is 4. The highest BCUT2D eigenvalue weighted by molar-refractivity contribution is 5.78. The molecule has 2 aliphatic rings. The second kappa shape index (κ2) is 7.51. The average Bonchev–Trinajstić information content (AvgIpc) is 3.38. The highest BCUT2D eigenvalue weighted by Gasteiger charge is 2.33. The molecule has 9 heteroatoms. The molecule has 1 fully saturated rings. The molecule has 5 rings (SSSR count). The van der Waals surface area contributed by atoms with Crippen LogP contribution in [0.15, 0.2) is 47.2 Å². The fourth-order valence-corrected chi connectivity index (χ4v) is 3.38. The number of carbonyl (C=O) groups is 1. The molecule has 2 aliphatic heterocycles. The molecular weight excluding hydrogens is 374 g/mol. The molecule has 0 saturated carbocycles. The molecule has 29 heavy (non-hydrogen) atoms. The van der Waals surface area contributed by atoms with Crippen molar-refractivity contribution in [3.63, 3.8) is 0 Å². The maximum absolute atomic E-state index is 12.2. The van der Waals surface area contributed by atoms with Gasteiger partial charge in [0.2, 0.25) is 24.4 Å². The Morgan fingerprint density at radius 2 is 2.10 bits per heavy atom. The van der Waals surface area contributed by atoms with E-state index in [9.17, 15) is 4.79 Å². The summed E-state index contributed by atoms with van der Waals surface area (Å²) in [5.74, 6) is 2.71. The summed E-state index contributed by atoms with van der Waals surface area (Å²) in [5, 5.41) is 6.95. The van der Waals surface area contributed by atoms with Gasteiger partial charge in [0.1, 0.15) is 0 Å². The number of hydrogen-bond donors (Lipinski definition) is 1. The van der Waals surface area contributed by atoms with Gasteiger partial charge >= 0.3 is 0 Å². The molecule has 0 unspecified atom stereocenters. The summed E-state index contributed by atoms with van der Waals surface area (Å²) in [6, 6.07) is 9.38. The lowest BCUT2D eigenvalue weighted by molar-refractivity contribution is -0.123. The molecular formula is C20H19N5O4. The molecule has 3 aromatic rings. The molecule has 4 heterocycles. The van der Waals surface area contributed by atoms with E-state index in [1.165, 1.54) is 0 Å². The SMILES string of the molecule is O=C(CN1CC(c2nc(-c3cccnc3)no2)C1)NCc1ccc2c(c1)OCO2. The zero-order valence-corrected chi connectivity index (χ0v) is 15.6. The number of nitrogens with one attached hydrogen (secondary N) is 1. The highest BCUT2D eigenvalue weighted by atomic mass is 16.7. The molecule has 0 atom stereocenters. The highest BCUT2D eigenvalue weighted by Crippen LogP contribution is 2.32. The number of aromatic nitrogens is 3. The topological polar surface area (TPSA) is 103 Å². The van der Waals surface area contributed by atoms with Crippen LogP contribution in [0.4, 0.5) is 0 Å². The van der Waals surface area contributed by atoms with E-state index < -0.39 is 0 Å². The largest absolute Gasteiger partial charge is 0.454 e. The number of likely N-dealkylation sites (tertiary alicyclic amines) is 1. The standard InChI is InChI=1S/C20H19N5O4/c26-18(22-7-13-3-4-16-17(6-13)28-12-27-16)11-25-9-15(10-25)20-23-19(24-29-20)14-2-1-5-21-8-14/h1-6,8,15H,7,9-12H2,(H,22,26). The number of rotatable bonds is 6. The number of fused-ring (bicyclic) bond motifs is 1. The van der Waals surface area contributed by atoms with Crippen molar-refractivity contribution in [2.75, 3.05) is 26.4 Å². The van der Waals surface area contributed by atoms with Crippen LogP contribution in [0.2, 0.25) is 0 Å². The Kier molecular flexibility index (Phi) is 4.57. The molecule has 0 aliphatic carbocycles. The van der Waals surface area contributed by atoms with Crippen LogP contribution in [-0.4, -0.2) is 52.4 Å². The van der Waals surface area contributed by atoms with E-state index in [4.69, 9.17) is 14.0 Å². The third-order valence-corrected chi connectivity index (χ3v) is 4.96. The number of carbonyl (C=O) groups excluding carboxylic acids is 1. The lowest BCUT2D eigenvalue weighted by Crippen LogP contribution is -2.49. The van der Waals surface area contributed by atoms with Crippen LogP contribution in [-0.2, 0) is 11.3 Å². The summed E-state index contributed by atoms with van der Waals surface area (Å²) in [6.45, 7) is 2.46. The van der Waals surface area contributed by atoms with Crippen LogP contribution in [0.5, 0.6) is 11.5 Å². The molecule has 1 saturated heterocycles. The molecule has 9 nitrogen and oxygen atoms in total. The molecule has 148 valence electrons. The van der Waals surface area contributed by atoms with E-state index in [1.807, 2.05) is 35.2 Å². The van der Waals surface area contributed by atoms with Crippen molar-refractivity contribution in [3.8, 4) is 22.9 Å². The Hall–Kier alpha value is -3.46. The van der Waals surface area contributed by atoms with E-state index >= 15 is 0 Å². The van der Waals surface area contributed by atoms with Gasteiger partial charge in [0.25, 0.3) is 0 Å². The summed E-state index contributed by atoms with van der Waals surface area (Å²) in [6.07, 6.45) is 3.40. The Labute approximate surface area is 166 Å². The van der Waals surface area contributed by atoms with Gasteiger partial charge in [-0.25, -0.2) is 0 Å². The van der Waals surface area contributed by atoms with Gasteiger partial charge in [0, 0.05) is 37.6 Å². The van der Waals surface area contributed by atoms with Gasteiger partial charge in [-0.1, -0.05) is 11.2 Å². The first-order chi connectivity index (χ1) is 14.2. The molecule has 0 spiro atoms. The first kappa shape index (κ1) is 17.6. The minimum Gasteiger partial charge on any atom is -0.454 e. The van der Waals surface area contributed by atoms with E-state index in [2.05, 4.69) is 20.4 Å². The number of pyridine rings is 1. The molecule has 1 amide bonds. The normalized spacial score (nSPS) is 15.9. The molecule has 2 aromatic heterocycles. The van der Waals surface area contributed by atoms with Gasteiger partial charge in [0.05, 0.1) is 12.5 Å². The maximum atomic E-state index is 12.2. The number of amides is 1. The first-order valence-electron chi connectivity index (χ1n) is 9.36. The molecule has 1 aromatic carbocycles. The van der Waals surface area contributed by atoms with Gasteiger partial charge in [-0.2, -0.15) is 4.98 Å². The van der Waals surface area contributed by atoms with Crippen LogP contribution < -0.4 is 14.8 Å². The van der Waals surface area contributed by atoms with E-state index in [0.717, 1.165) is 16.9 Å². The van der Waals surface area contributed by atoms with Gasteiger partial charge in [-0.15, -0.1) is 0 Å². The predicted octanol–water partition coefficient (Wildman–Crippen LogP) is 1.58. The Morgan fingerprint density at radius 3 is 2.97 bits per heavy atom.